The quantitative estimate of drug-likeness (QED) is 0.781. The Hall–Kier alpha value is -2.49. The summed E-state index contributed by atoms with van der Waals surface area (Å²) in [7, 11) is 0. The third-order valence-corrected chi connectivity index (χ3v) is 3.02. The van der Waals surface area contributed by atoms with Crippen molar-refractivity contribution in [2.75, 3.05) is 5.32 Å². The molecule has 0 heterocycles. The number of nitrogens with one attached hydrogen (secondary N) is 1. The van der Waals surface area contributed by atoms with Crippen LogP contribution >= 0.6 is 0 Å². The molecule has 1 atom stereocenters. The largest absolute Gasteiger partial charge is 0.508 e. The second-order valence-electron chi connectivity index (χ2n) is 4.80. The summed E-state index contributed by atoms with van der Waals surface area (Å²) in [5.74, 6) is -0.660. The Morgan fingerprint density at radius 3 is 2.25 bits per heavy atom. The molecule has 1 unspecified atom stereocenters. The van der Waals surface area contributed by atoms with Crippen LogP contribution in [0.5, 0.6) is 5.75 Å². The highest BCUT2D eigenvalue weighted by atomic mass is 16.4. The first-order chi connectivity index (χ1) is 9.54. The van der Waals surface area contributed by atoms with Gasteiger partial charge in [0.05, 0.1) is 5.56 Å². The van der Waals surface area contributed by atoms with Gasteiger partial charge in [0.2, 0.25) is 0 Å². The van der Waals surface area contributed by atoms with Gasteiger partial charge in [0.25, 0.3) is 0 Å². The number of hydrogen-bond donors (Lipinski definition) is 3. The monoisotopic (exact) mass is 271 g/mol. The molecule has 0 aromatic heterocycles. The van der Waals surface area contributed by atoms with Crippen molar-refractivity contribution in [2.24, 2.45) is 0 Å². The standard InChI is InChI=1S/C16H17NO3/c1-11(10-12-2-8-15(18)9-3-12)17-14-6-4-13(5-7-14)16(19)20/h2-9,11,17-18H,10H2,1H3,(H,19,20). The predicted octanol–water partition coefficient (Wildman–Crippen LogP) is 3.13. The summed E-state index contributed by atoms with van der Waals surface area (Å²) >= 11 is 0. The van der Waals surface area contributed by atoms with Crippen molar-refractivity contribution in [3.8, 4) is 5.75 Å². The first kappa shape index (κ1) is 13.9. The maximum Gasteiger partial charge on any atom is 0.335 e. The molecule has 2 aromatic rings. The van der Waals surface area contributed by atoms with Crippen molar-refractivity contribution in [1.29, 1.82) is 0 Å². The average Bonchev–Trinajstić information content (AvgIpc) is 2.42. The van der Waals surface area contributed by atoms with E-state index in [4.69, 9.17) is 5.11 Å². The van der Waals surface area contributed by atoms with Crippen molar-refractivity contribution >= 4 is 11.7 Å². The molecule has 20 heavy (non-hydrogen) atoms. The zero-order valence-corrected chi connectivity index (χ0v) is 11.2. The van der Waals surface area contributed by atoms with Crippen LogP contribution < -0.4 is 5.32 Å². The van der Waals surface area contributed by atoms with Gasteiger partial charge in [-0.25, -0.2) is 4.79 Å². The Morgan fingerprint density at radius 1 is 1.10 bits per heavy atom. The summed E-state index contributed by atoms with van der Waals surface area (Å²) in [5.41, 5.74) is 2.30. The Morgan fingerprint density at radius 2 is 1.70 bits per heavy atom. The van der Waals surface area contributed by atoms with Crippen LogP contribution in [0, 0.1) is 0 Å². The van der Waals surface area contributed by atoms with E-state index in [0.29, 0.717) is 0 Å². The highest BCUT2D eigenvalue weighted by Crippen LogP contribution is 2.15. The molecule has 4 heteroatoms. The van der Waals surface area contributed by atoms with Crippen molar-refractivity contribution in [2.45, 2.75) is 19.4 Å². The molecule has 0 saturated carbocycles. The highest BCUT2D eigenvalue weighted by molar-refractivity contribution is 5.88. The number of carboxylic acid groups (broad SMARTS) is 1. The first-order valence-electron chi connectivity index (χ1n) is 6.42. The number of phenolic OH excluding ortho intramolecular Hbond substituents is 1. The lowest BCUT2D eigenvalue weighted by molar-refractivity contribution is 0.0697. The summed E-state index contributed by atoms with van der Waals surface area (Å²) in [6.07, 6.45) is 0.820. The average molecular weight is 271 g/mol. The topological polar surface area (TPSA) is 69.6 Å². The number of aromatic carboxylic acids is 1. The van der Waals surface area contributed by atoms with E-state index in [1.807, 2.05) is 12.1 Å². The van der Waals surface area contributed by atoms with Crippen LogP contribution in [0.1, 0.15) is 22.8 Å². The van der Waals surface area contributed by atoms with Gasteiger partial charge < -0.3 is 15.5 Å². The van der Waals surface area contributed by atoms with Gasteiger partial charge in [-0.3, -0.25) is 0 Å². The Kier molecular flexibility index (Phi) is 4.25. The second kappa shape index (κ2) is 6.10. The normalized spacial score (nSPS) is 11.8. The number of benzene rings is 2. The van der Waals surface area contributed by atoms with Crippen LogP contribution in [-0.4, -0.2) is 22.2 Å². The number of rotatable bonds is 5. The zero-order chi connectivity index (χ0) is 14.5. The molecule has 0 aliphatic rings. The lowest BCUT2D eigenvalue weighted by Gasteiger charge is -2.15. The second-order valence-corrected chi connectivity index (χ2v) is 4.80. The SMILES string of the molecule is CC(Cc1ccc(O)cc1)Nc1ccc(C(=O)O)cc1. The molecular weight excluding hydrogens is 254 g/mol. The molecule has 0 spiro atoms. The summed E-state index contributed by atoms with van der Waals surface area (Å²) in [6.45, 7) is 2.05. The molecule has 4 nitrogen and oxygen atoms in total. The smallest absolute Gasteiger partial charge is 0.335 e. The van der Waals surface area contributed by atoms with Gasteiger partial charge in [-0.15, -0.1) is 0 Å². The summed E-state index contributed by atoms with van der Waals surface area (Å²) in [5, 5.41) is 21.4. The summed E-state index contributed by atoms with van der Waals surface area (Å²) < 4.78 is 0. The number of carboxylic acids is 1. The van der Waals surface area contributed by atoms with Crippen LogP contribution in [-0.2, 0) is 6.42 Å². The molecule has 2 aromatic carbocycles. The summed E-state index contributed by atoms with van der Waals surface area (Å²) in [4.78, 5) is 10.8. The third-order valence-electron chi connectivity index (χ3n) is 3.02. The molecule has 0 aliphatic carbocycles. The molecule has 0 fully saturated rings. The molecule has 104 valence electrons. The van der Waals surface area contributed by atoms with Gasteiger partial charge in [-0.2, -0.15) is 0 Å². The fraction of sp³-hybridized carbons (Fsp3) is 0.188. The maximum atomic E-state index is 10.8. The Labute approximate surface area is 117 Å². The van der Waals surface area contributed by atoms with E-state index in [1.165, 1.54) is 0 Å². The first-order valence-corrected chi connectivity index (χ1v) is 6.42. The molecular formula is C16H17NO3. The molecule has 0 aliphatic heterocycles. The molecule has 2 rings (SSSR count). The van der Waals surface area contributed by atoms with Crippen molar-refractivity contribution in [1.82, 2.24) is 0 Å². The lowest BCUT2D eigenvalue weighted by Crippen LogP contribution is -2.18. The van der Waals surface area contributed by atoms with Crippen LogP contribution in [0.2, 0.25) is 0 Å². The maximum absolute atomic E-state index is 10.8. The van der Waals surface area contributed by atoms with Gasteiger partial charge in [0, 0.05) is 11.7 Å². The number of hydrogen-bond acceptors (Lipinski definition) is 3. The predicted molar refractivity (Wildman–Crippen MR) is 78.3 cm³/mol. The Bertz CT molecular complexity index is 576. The molecule has 0 radical (unpaired) electrons. The van der Waals surface area contributed by atoms with E-state index in [2.05, 4.69) is 12.2 Å². The number of carbonyl (C=O) groups is 1. The molecule has 0 bridgehead atoms. The van der Waals surface area contributed by atoms with Gasteiger partial charge >= 0.3 is 5.97 Å². The minimum absolute atomic E-state index is 0.204. The minimum Gasteiger partial charge on any atom is -0.508 e. The number of phenols is 1. The fourth-order valence-corrected chi connectivity index (χ4v) is 2.03. The number of anilines is 1. The molecule has 0 saturated heterocycles. The minimum atomic E-state index is -0.923. The van der Waals surface area contributed by atoms with Crippen molar-refractivity contribution < 1.29 is 15.0 Å². The summed E-state index contributed by atoms with van der Waals surface area (Å²) in [6, 6.07) is 14.0. The highest BCUT2D eigenvalue weighted by Gasteiger charge is 2.05. The van der Waals surface area contributed by atoms with Crippen molar-refractivity contribution in [3.05, 3.63) is 59.7 Å². The van der Waals surface area contributed by atoms with E-state index in [0.717, 1.165) is 17.7 Å². The third kappa shape index (κ3) is 3.75. The van der Waals surface area contributed by atoms with E-state index < -0.39 is 5.97 Å². The van der Waals surface area contributed by atoms with Gasteiger partial charge in [-0.05, 0) is 55.3 Å². The van der Waals surface area contributed by atoms with Crippen molar-refractivity contribution in [3.63, 3.8) is 0 Å². The van der Waals surface area contributed by atoms with E-state index in [1.54, 1.807) is 36.4 Å². The van der Waals surface area contributed by atoms with E-state index in [-0.39, 0.29) is 17.4 Å². The zero-order valence-electron chi connectivity index (χ0n) is 11.2. The van der Waals surface area contributed by atoms with Crippen LogP contribution in [0.15, 0.2) is 48.5 Å². The van der Waals surface area contributed by atoms with Crippen LogP contribution in [0.4, 0.5) is 5.69 Å². The fourth-order valence-electron chi connectivity index (χ4n) is 2.03. The van der Waals surface area contributed by atoms with Gasteiger partial charge in [0.1, 0.15) is 5.75 Å². The lowest BCUT2D eigenvalue weighted by atomic mass is 10.1. The van der Waals surface area contributed by atoms with Gasteiger partial charge in [-0.1, -0.05) is 12.1 Å². The van der Waals surface area contributed by atoms with E-state index >= 15 is 0 Å². The van der Waals surface area contributed by atoms with Gasteiger partial charge in [0.15, 0.2) is 0 Å². The van der Waals surface area contributed by atoms with Crippen LogP contribution in [0.3, 0.4) is 0 Å². The Balaban J connectivity index is 1.95. The van der Waals surface area contributed by atoms with Crippen LogP contribution in [0.25, 0.3) is 0 Å². The molecule has 0 amide bonds. The number of aromatic hydroxyl groups is 1. The van der Waals surface area contributed by atoms with E-state index in [9.17, 15) is 9.90 Å². The molecule has 3 N–H and O–H groups in total.